The van der Waals surface area contributed by atoms with Gasteiger partial charge in [-0.25, -0.2) is 0 Å². The molecule has 0 aromatic rings. The summed E-state index contributed by atoms with van der Waals surface area (Å²) in [5.74, 6) is 0. The highest BCUT2D eigenvalue weighted by molar-refractivity contribution is 4.90. The summed E-state index contributed by atoms with van der Waals surface area (Å²) in [6, 6.07) is 0. The molecule has 22 heavy (non-hydrogen) atoms. The van der Waals surface area contributed by atoms with Gasteiger partial charge in [-0.3, -0.25) is 0 Å². The molecule has 0 aliphatic carbocycles. The van der Waals surface area contributed by atoms with E-state index in [1.54, 1.807) is 0 Å². The Morgan fingerprint density at radius 3 is 1.91 bits per heavy atom. The van der Waals surface area contributed by atoms with Gasteiger partial charge in [-0.1, -0.05) is 77.5 Å². The molecule has 0 aliphatic rings. The van der Waals surface area contributed by atoms with Crippen LogP contribution < -0.4 is 5.32 Å². The molecular formula is C21H41N. The fraction of sp³-hybridized carbons (Fsp3) is 0.810. The third-order valence-electron chi connectivity index (χ3n) is 4.15. The lowest BCUT2D eigenvalue weighted by Crippen LogP contribution is -2.13. The van der Waals surface area contributed by atoms with Gasteiger partial charge < -0.3 is 5.32 Å². The average molecular weight is 308 g/mol. The minimum atomic E-state index is 1.10. The molecule has 0 bridgehead atoms. The minimum Gasteiger partial charge on any atom is -0.389 e. The van der Waals surface area contributed by atoms with E-state index in [1.807, 2.05) is 0 Å². The van der Waals surface area contributed by atoms with Gasteiger partial charge in [0, 0.05) is 12.2 Å². The Morgan fingerprint density at radius 2 is 1.27 bits per heavy atom. The molecule has 1 nitrogen and oxygen atoms in total. The summed E-state index contributed by atoms with van der Waals surface area (Å²) in [7, 11) is 0. The topological polar surface area (TPSA) is 12.0 Å². The third-order valence-corrected chi connectivity index (χ3v) is 4.15. The molecule has 0 aromatic carbocycles. The second-order valence-electron chi connectivity index (χ2n) is 6.51. The SMILES string of the molecule is C=C(CCCCCCC/C=C/CCCCCC)NCCCC. The van der Waals surface area contributed by atoms with Gasteiger partial charge >= 0.3 is 0 Å². The van der Waals surface area contributed by atoms with Gasteiger partial charge in [-0.05, 0) is 44.9 Å². The summed E-state index contributed by atoms with van der Waals surface area (Å²) in [5, 5.41) is 3.42. The lowest BCUT2D eigenvalue weighted by molar-refractivity contribution is 0.598. The van der Waals surface area contributed by atoms with Gasteiger partial charge in [-0.2, -0.15) is 0 Å². The second-order valence-corrected chi connectivity index (χ2v) is 6.51. The summed E-state index contributed by atoms with van der Waals surface area (Å²) in [4.78, 5) is 0. The first kappa shape index (κ1) is 21.3. The molecule has 0 saturated heterocycles. The van der Waals surface area contributed by atoms with E-state index >= 15 is 0 Å². The van der Waals surface area contributed by atoms with Crippen LogP contribution in [0.1, 0.15) is 104 Å². The average Bonchev–Trinajstić information content (AvgIpc) is 2.52. The second kappa shape index (κ2) is 18.3. The van der Waals surface area contributed by atoms with Crippen LogP contribution in [-0.4, -0.2) is 6.54 Å². The maximum absolute atomic E-state index is 4.10. The van der Waals surface area contributed by atoms with Crippen LogP contribution in [0.25, 0.3) is 0 Å². The Labute approximate surface area is 140 Å². The molecule has 0 fully saturated rings. The van der Waals surface area contributed by atoms with Crippen molar-refractivity contribution in [1.82, 2.24) is 5.32 Å². The molecule has 0 saturated carbocycles. The molecule has 0 unspecified atom stereocenters. The number of unbranched alkanes of at least 4 members (excludes halogenated alkanes) is 10. The fourth-order valence-corrected chi connectivity index (χ4v) is 2.59. The fourth-order valence-electron chi connectivity index (χ4n) is 2.59. The Hall–Kier alpha value is -0.720. The van der Waals surface area contributed by atoms with Crippen LogP contribution in [-0.2, 0) is 0 Å². The van der Waals surface area contributed by atoms with E-state index in [0.29, 0.717) is 0 Å². The normalized spacial score (nSPS) is 11.2. The summed E-state index contributed by atoms with van der Waals surface area (Å²) < 4.78 is 0. The summed E-state index contributed by atoms with van der Waals surface area (Å²) in [6.07, 6.45) is 23.3. The molecular weight excluding hydrogens is 266 g/mol. The molecule has 0 aromatic heterocycles. The third kappa shape index (κ3) is 17.3. The van der Waals surface area contributed by atoms with Crippen LogP contribution >= 0.6 is 0 Å². The van der Waals surface area contributed by atoms with Crippen LogP contribution in [0.15, 0.2) is 24.4 Å². The Bertz CT molecular complexity index is 255. The van der Waals surface area contributed by atoms with Gasteiger partial charge in [0.25, 0.3) is 0 Å². The lowest BCUT2D eigenvalue weighted by atomic mass is 10.1. The number of rotatable bonds is 17. The van der Waals surface area contributed by atoms with Crippen molar-refractivity contribution in [2.75, 3.05) is 6.54 Å². The van der Waals surface area contributed by atoms with Gasteiger partial charge in [0.05, 0.1) is 0 Å². The Balaban J connectivity index is 3.16. The van der Waals surface area contributed by atoms with Crippen molar-refractivity contribution < 1.29 is 0 Å². The monoisotopic (exact) mass is 307 g/mol. The molecule has 0 aliphatic heterocycles. The largest absolute Gasteiger partial charge is 0.389 e. The van der Waals surface area contributed by atoms with Crippen molar-refractivity contribution in [3.63, 3.8) is 0 Å². The first-order valence-corrected chi connectivity index (χ1v) is 9.87. The predicted molar refractivity (Wildman–Crippen MR) is 102 cm³/mol. The van der Waals surface area contributed by atoms with Crippen molar-refractivity contribution in [2.24, 2.45) is 0 Å². The first-order valence-electron chi connectivity index (χ1n) is 9.87. The van der Waals surface area contributed by atoms with Crippen LogP contribution in [0.5, 0.6) is 0 Å². The van der Waals surface area contributed by atoms with Crippen LogP contribution in [0.2, 0.25) is 0 Å². The van der Waals surface area contributed by atoms with Gasteiger partial charge in [-0.15, -0.1) is 0 Å². The zero-order valence-corrected chi connectivity index (χ0v) is 15.5. The van der Waals surface area contributed by atoms with E-state index in [1.165, 1.54) is 89.2 Å². The highest BCUT2D eigenvalue weighted by Gasteiger charge is 1.94. The molecule has 0 radical (unpaired) electrons. The Morgan fingerprint density at radius 1 is 0.727 bits per heavy atom. The van der Waals surface area contributed by atoms with E-state index in [0.717, 1.165) is 13.0 Å². The van der Waals surface area contributed by atoms with Crippen molar-refractivity contribution >= 4 is 0 Å². The molecule has 0 spiro atoms. The summed E-state index contributed by atoms with van der Waals surface area (Å²) in [6.45, 7) is 9.70. The number of nitrogens with one attached hydrogen (secondary N) is 1. The van der Waals surface area contributed by atoms with E-state index in [2.05, 4.69) is 37.9 Å². The van der Waals surface area contributed by atoms with Gasteiger partial charge in [0.2, 0.25) is 0 Å². The summed E-state index contributed by atoms with van der Waals surface area (Å²) in [5.41, 5.74) is 1.24. The highest BCUT2D eigenvalue weighted by atomic mass is 14.9. The van der Waals surface area contributed by atoms with Crippen LogP contribution in [0.3, 0.4) is 0 Å². The summed E-state index contributed by atoms with van der Waals surface area (Å²) >= 11 is 0. The van der Waals surface area contributed by atoms with Crippen molar-refractivity contribution in [3.8, 4) is 0 Å². The number of allylic oxidation sites excluding steroid dienone is 3. The highest BCUT2D eigenvalue weighted by Crippen LogP contribution is 2.10. The predicted octanol–water partition coefficient (Wildman–Crippen LogP) is 7.15. The maximum atomic E-state index is 4.10. The standard InChI is InChI=1S/C21H41N/c1-4-6-8-9-10-11-12-13-14-15-16-17-18-19-21(3)22-20-7-5-2/h11-12,22H,3-10,13-20H2,1-2H3/b12-11+. The van der Waals surface area contributed by atoms with Crippen molar-refractivity contribution in [2.45, 2.75) is 104 Å². The number of hydrogen-bond donors (Lipinski definition) is 1. The van der Waals surface area contributed by atoms with Crippen LogP contribution in [0.4, 0.5) is 0 Å². The molecule has 0 rings (SSSR count). The van der Waals surface area contributed by atoms with Crippen molar-refractivity contribution in [3.05, 3.63) is 24.4 Å². The molecule has 0 heterocycles. The van der Waals surface area contributed by atoms with Gasteiger partial charge in [0.1, 0.15) is 0 Å². The minimum absolute atomic E-state index is 1.10. The first-order chi connectivity index (χ1) is 10.8. The van der Waals surface area contributed by atoms with Crippen molar-refractivity contribution in [1.29, 1.82) is 0 Å². The maximum Gasteiger partial charge on any atom is 0.0143 e. The van der Waals surface area contributed by atoms with E-state index in [-0.39, 0.29) is 0 Å². The quantitative estimate of drug-likeness (QED) is 0.222. The zero-order valence-electron chi connectivity index (χ0n) is 15.5. The molecule has 1 heteroatoms. The van der Waals surface area contributed by atoms with E-state index in [9.17, 15) is 0 Å². The smallest absolute Gasteiger partial charge is 0.0143 e. The zero-order chi connectivity index (χ0) is 16.3. The van der Waals surface area contributed by atoms with Crippen LogP contribution in [0, 0.1) is 0 Å². The Kier molecular flexibility index (Phi) is 17.7. The molecule has 0 atom stereocenters. The lowest BCUT2D eigenvalue weighted by Gasteiger charge is -2.08. The molecule has 130 valence electrons. The molecule has 1 N–H and O–H groups in total. The van der Waals surface area contributed by atoms with E-state index in [4.69, 9.17) is 0 Å². The van der Waals surface area contributed by atoms with E-state index < -0.39 is 0 Å². The molecule has 0 amide bonds. The van der Waals surface area contributed by atoms with Gasteiger partial charge in [0.15, 0.2) is 0 Å². The number of hydrogen-bond acceptors (Lipinski definition) is 1.